The molecule has 2 nitrogen and oxygen atoms in total. The third kappa shape index (κ3) is 3.66. The first-order valence-corrected chi connectivity index (χ1v) is 6.46. The molecule has 0 unspecified atom stereocenters. The highest BCUT2D eigenvalue weighted by Gasteiger charge is 2.20. The van der Waals surface area contributed by atoms with Gasteiger partial charge in [0.15, 0.2) is 0 Å². The Labute approximate surface area is 115 Å². The Bertz CT molecular complexity index is 422. The molecule has 0 aromatic heterocycles. The summed E-state index contributed by atoms with van der Waals surface area (Å²) in [7, 11) is 0. The first kappa shape index (κ1) is 13.8. The molecule has 4 heteroatoms. The molecule has 0 atom stereocenters. The molecular weight excluding hydrogens is 335 g/mol. The van der Waals surface area contributed by atoms with Crippen molar-refractivity contribution in [2.45, 2.75) is 38.2 Å². The molecule has 0 aliphatic rings. The number of halogens is 1. The Morgan fingerprint density at radius 1 is 1.38 bits per heavy atom. The number of rotatable bonds is 1. The van der Waals surface area contributed by atoms with E-state index in [1.165, 1.54) is 0 Å². The number of ether oxygens (including phenoxy) is 1. The van der Waals surface area contributed by atoms with Crippen LogP contribution >= 0.6 is 35.2 Å². The van der Waals surface area contributed by atoms with Gasteiger partial charge < -0.3 is 4.74 Å². The number of carbonyl (C=O) groups excluding carboxylic acids is 1. The maximum absolute atomic E-state index is 11.9. The van der Waals surface area contributed by atoms with Crippen LogP contribution in [0, 0.1) is 10.5 Å². The summed E-state index contributed by atoms with van der Waals surface area (Å²) in [5, 5.41) is 0. The van der Waals surface area contributed by atoms with Crippen molar-refractivity contribution in [1.29, 1.82) is 0 Å². The maximum Gasteiger partial charge on any atom is 0.338 e. The van der Waals surface area contributed by atoms with Crippen molar-refractivity contribution in [1.82, 2.24) is 0 Å². The summed E-state index contributed by atoms with van der Waals surface area (Å²) >= 11 is 6.49. The molecule has 0 radical (unpaired) electrons. The van der Waals surface area contributed by atoms with E-state index < -0.39 is 5.60 Å². The quantitative estimate of drug-likeness (QED) is 0.473. The van der Waals surface area contributed by atoms with Gasteiger partial charge in [0.05, 0.1) is 5.56 Å². The number of carbonyl (C=O) groups is 1. The van der Waals surface area contributed by atoms with Crippen LogP contribution < -0.4 is 0 Å². The van der Waals surface area contributed by atoms with Crippen LogP contribution in [0.3, 0.4) is 0 Å². The second-order valence-electron chi connectivity index (χ2n) is 4.60. The van der Waals surface area contributed by atoms with Crippen molar-refractivity contribution in [3.63, 3.8) is 0 Å². The second-order valence-corrected chi connectivity index (χ2v) is 6.33. The van der Waals surface area contributed by atoms with Gasteiger partial charge in [-0.2, -0.15) is 0 Å². The minimum Gasteiger partial charge on any atom is -0.456 e. The summed E-state index contributed by atoms with van der Waals surface area (Å²) in [6, 6.07) is 3.75. The number of hydrogen-bond acceptors (Lipinski definition) is 3. The first-order valence-electron chi connectivity index (χ1n) is 4.93. The molecule has 0 spiro atoms. The third-order valence-corrected chi connectivity index (χ3v) is 3.05. The Morgan fingerprint density at radius 2 is 1.94 bits per heavy atom. The molecule has 1 aromatic rings. The minimum absolute atomic E-state index is 0.293. The summed E-state index contributed by atoms with van der Waals surface area (Å²) in [4.78, 5) is 12.7. The molecule has 0 amide bonds. The molecular formula is C12H15IO2S. The SMILES string of the molecule is Cc1c(S)cc(I)cc1C(=O)OC(C)(C)C. The lowest BCUT2D eigenvalue weighted by Crippen LogP contribution is -2.24. The zero-order valence-corrected chi connectivity index (χ0v) is 12.8. The molecule has 0 heterocycles. The predicted octanol–water partition coefficient (Wildman–Crippen LogP) is 3.84. The molecule has 0 bridgehead atoms. The molecule has 0 aliphatic heterocycles. The lowest BCUT2D eigenvalue weighted by atomic mass is 10.1. The van der Waals surface area contributed by atoms with Crippen molar-refractivity contribution in [3.8, 4) is 0 Å². The van der Waals surface area contributed by atoms with Crippen LogP contribution in [0.4, 0.5) is 0 Å². The molecule has 88 valence electrons. The zero-order valence-electron chi connectivity index (χ0n) is 9.80. The minimum atomic E-state index is -0.471. The number of benzene rings is 1. The molecule has 0 fully saturated rings. The van der Waals surface area contributed by atoms with Crippen LogP contribution in [0.1, 0.15) is 36.7 Å². The van der Waals surface area contributed by atoms with Gasteiger partial charge in [-0.05, 0) is 68.0 Å². The Kier molecular flexibility index (Phi) is 4.29. The van der Waals surface area contributed by atoms with E-state index in [1.807, 2.05) is 39.8 Å². The van der Waals surface area contributed by atoms with Crippen molar-refractivity contribution in [2.24, 2.45) is 0 Å². The van der Waals surface area contributed by atoms with Crippen molar-refractivity contribution in [3.05, 3.63) is 26.8 Å². The Balaban J connectivity index is 3.09. The average Bonchev–Trinajstić information content (AvgIpc) is 2.08. The topological polar surface area (TPSA) is 26.3 Å². The van der Waals surface area contributed by atoms with E-state index in [2.05, 4.69) is 35.2 Å². The highest BCUT2D eigenvalue weighted by molar-refractivity contribution is 14.1. The molecule has 1 aromatic carbocycles. The second kappa shape index (κ2) is 4.96. The molecule has 0 saturated carbocycles. The van der Waals surface area contributed by atoms with Crippen molar-refractivity contribution < 1.29 is 9.53 Å². The lowest BCUT2D eigenvalue weighted by Gasteiger charge is -2.20. The van der Waals surface area contributed by atoms with Gasteiger partial charge in [0.2, 0.25) is 0 Å². The first-order chi connectivity index (χ1) is 7.20. The van der Waals surface area contributed by atoms with Gasteiger partial charge in [-0.15, -0.1) is 12.6 Å². The van der Waals surface area contributed by atoms with E-state index in [4.69, 9.17) is 4.74 Å². The van der Waals surface area contributed by atoms with Crippen LogP contribution in [-0.4, -0.2) is 11.6 Å². The number of hydrogen-bond donors (Lipinski definition) is 1. The molecule has 16 heavy (non-hydrogen) atoms. The van der Waals surface area contributed by atoms with Gasteiger partial charge in [-0.25, -0.2) is 4.79 Å². The van der Waals surface area contributed by atoms with Crippen molar-refractivity contribution >= 4 is 41.2 Å². The fourth-order valence-corrected chi connectivity index (χ4v) is 2.34. The number of esters is 1. The van der Waals surface area contributed by atoms with Crippen LogP contribution in [0.25, 0.3) is 0 Å². The van der Waals surface area contributed by atoms with E-state index in [0.29, 0.717) is 5.56 Å². The van der Waals surface area contributed by atoms with Gasteiger partial charge in [0.25, 0.3) is 0 Å². The highest BCUT2D eigenvalue weighted by Crippen LogP contribution is 2.23. The summed E-state index contributed by atoms with van der Waals surface area (Å²) < 4.78 is 6.32. The van der Waals surface area contributed by atoms with E-state index in [1.54, 1.807) is 0 Å². The molecule has 0 N–H and O–H groups in total. The van der Waals surface area contributed by atoms with Crippen LogP contribution in [0.5, 0.6) is 0 Å². The van der Waals surface area contributed by atoms with E-state index in [-0.39, 0.29) is 5.97 Å². The van der Waals surface area contributed by atoms with Gasteiger partial charge in [-0.3, -0.25) is 0 Å². The summed E-state index contributed by atoms with van der Waals surface area (Å²) in [6.07, 6.45) is 0. The zero-order chi connectivity index (χ0) is 12.5. The van der Waals surface area contributed by atoms with E-state index in [0.717, 1.165) is 14.0 Å². The predicted molar refractivity (Wildman–Crippen MR) is 76.3 cm³/mol. The average molecular weight is 350 g/mol. The van der Waals surface area contributed by atoms with Crippen LogP contribution in [0.15, 0.2) is 17.0 Å². The summed E-state index contributed by atoms with van der Waals surface area (Å²) in [5.41, 5.74) is 0.978. The Morgan fingerprint density at radius 3 is 2.44 bits per heavy atom. The normalized spacial score (nSPS) is 11.4. The monoisotopic (exact) mass is 350 g/mol. The fraction of sp³-hybridized carbons (Fsp3) is 0.417. The largest absolute Gasteiger partial charge is 0.456 e. The van der Waals surface area contributed by atoms with Gasteiger partial charge in [-0.1, -0.05) is 0 Å². The van der Waals surface area contributed by atoms with E-state index >= 15 is 0 Å². The summed E-state index contributed by atoms with van der Waals surface area (Å²) in [6.45, 7) is 7.44. The van der Waals surface area contributed by atoms with Gasteiger partial charge >= 0.3 is 5.97 Å². The highest BCUT2D eigenvalue weighted by atomic mass is 127. The summed E-state index contributed by atoms with van der Waals surface area (Å²) in [5.74, 6) is -0.293. The van der Waals surface area contributed by atoms with Crippen LogP contribution in [-0.2, 0) is 4.74 Å². The number of thiol groups is 1. The van der Waals surface area contributed by atoms with Crippen molar-refractivity contribution in [2.75, 3.05) is 0 Å². The smallest absolute Gasteiger partial charge is 0.338 e. The third-order valence-electron chi connectivity index (χ3n) is 1.96. The fourth-order valence-electron chi connectivity index (χ4n) is 1.21. The molecule has 0 saturated heterocycles. The molecule has 0 aliphatic carbocycles. The van der Waals surface area contributed by atoms with E-state index in [9.17, 15) is 4.79 Å². The van der Waals surface area contributed by atoms with Gasteiger partial charge in [0, 0.05) is 8.47 Å². The maximum atomic E-state index is 11.9. The lowest BCUT2D eigenvalue weighted by molar-refractivity contribution is 0.00683. The molecule has 1 rings (SSSR count). The van der Waals surface area contributed by atoms with Gasteiger partial charge in [0.1, 0.15) is 5.60 Å². The standard InChI is InChI=1S/C12H15IO2S/c1-7-9(5-8(13)6-10(7)16)11(14)15-12(2,3)4/h5-6,16H,1-4H3. The Hall–Kier alpha value is -0.230. The van der Waals surface area contributed by atoms with Crippen LogP contribution in [0.2, 0.25) is 0 Å².